The Bertz CT molecular complexity index is 884. The molecule has 2 aromatic rings. The lowest BCUT2D eigenvalue weighted by Gasteiger charge is -2.12. The number of benzene rings is 2. The third-order valence-corrected chi connectivity index (χ3v) is 4.35. The highest BCUT2D eigenvalue weighted by molar-refractivity contribution is 9.10. The lowest BCUT2D eigenvalue weighted by atomic mass is 10.1. The van der Waals surface area contributed by atoms with Gasteiger partial charge in [0.2, 0.25) is 0 Å². The van der Waals surface area contributed by atoms with E-state index >= 15 is 0 Å². The van der Waals surface area contributed by atoms with Gasteiger partial charge in [0, 0.05) is 5.56 Å². The number of carbonyl (C=O) groups is 2. The molecule has 0 aliphatic carbocycles. The second kappa shape index (κ2) is 10.0. The summed E-state index contributed by atoms with van der Waals surface area (Å²) in [6.45, 7) is 3.70. The quantitative estimate of drug-likeness (QED) is 0.464. The Balaban J connectivity index is 1.79. The Morgan fingerprint density at radius 2 is 1.75 bits per heavy atom. The van der Waals surface area contributed by atoms with Crippen LogP contribution < -0.4 is 25.6 Å². The van der Waals surface area contributed by atoms with Gasteiger partial charge in [-0.2, -0.15) is 0 Å². The average Bonchev–Trinajstić information content (AvgIpc) is 2.63. The van der Waals surface area contributed by atoms with Crippen molar-refractivity contribution < 1.29 is 19.1 Å². The first-order valence-electron chi connectivity index (χ1n) is 8.23. The lowest BCUT2D eigenvalue weighted by Crippen LogP contribution is -2.49. The molecule has 0 heterocycles. The molecule has 2 rings (SSSR count). The topological polar surface area (TPSA) is 88.7 Å². The van der Waals surface area contributed by atoms with E-state index < -0.39 is 11.8 Å². The van der Waals surface area contributed by atoms with Gasteiger partial charge in [-0.1, -0.05) is 6.07 Å². The van der Waals surface area contributed by atoms with Crippen molar-refractivity contribution in [3.8, 4) is 11.5 Å². The zero-order chi connectivity index (χ0) is 20.7. The van der Waals surface area contributed by atoms with Gasteiger partial charge in [-0.3, -0.25) is 25.8 Å². The number of aryl methyl sites for hydroxylation is 2. The van der Waals surface area contributed by atoms with E-state index in [-0.39, 0.29) is 11.7 Å². The number of methoxy groups -OCH3 is 1. The van der Waals surface area contributed by atoms with Crippen molar-refractivity contribution in [3.05, 3.63) is 57.6 Å². The molecule has 2 aromatic carbocycles. The summed E-state index contributed by atoms with van der Waals surface area (Å²) in [4.78, 5) is 24.1. The molecule has 0 bridgehead atoms. The molecule has 0 unspecified atom stereocenters. The fraction of sp³-hybridized carbons (Fsp3) is 0.211. The van der Waals surface area contributed by atoms with Gasteiger partial charge in [-0.05, 0) is 83.5 Å². The highest BCUT2D eigenvalue weighted by Gasteiger charge is 2.11. The van der Waals surface area contributed by atoms with E-state index in [0.29, 0.717) is 21.5 Å². The van der Waals surface area contributed by atoms with Crippen molar-refractivity contribution >= 4 is 45.1 Å². The standard InChI is InChI=1S/C19H20BrN3O4S/c1-11-6-12(2)8-14(7-11)27-10-17(24)22-23-19(28)21-18(25)13-4-5-16(26-3)15(20)9-13/h4-9H,10H2,1-3H3,(H,22,24)(H2,21,23,25,28). The number of hydrazine groups is 1. The van der Waals surface area contributed by atoms with Crippen LogP contribution in [0, 0.1) is 13.8 Å². The van der Waals surface area contributed by atoms with Gasteiger partial charge >= 0.3 is 0 Å². The Morgan fingerprint density at radius 3 is 2.36 bits per heavy atom. The van der Waals surface area contributed by atoms with E-state index in [1.807, 2.05) is 32.0 Å². The molecule has 7 nitrogen and oxygen atoms in total. The highest BCUT2D eigenvalue weighted by atomic mass is 79.9. The van der Waals surface area contributed by atoms with E-state index in [1.54, 1.807) is 18.2 Å². The van der Waals surface area contributed by atoms with E-state index in [0.717, 1.165) is 11.1 Å². The fourth-order valence-corrected chi connectivity index (χ4v) is 3.03. The smallest absolute Gasteiger partial charge is 0.276 e. The number of hydrogen-bond acceptors (Lipinski definition) is 5. The second-order valence-electron chi connectivity index (χ2n) is 5.92. The molecule has 0 saturated heterocycles. The van der Waals surface area contributed by atoms with Crippen LogP contribution in [-0.4, -0.2) is 30.6 Å². The van der Waals surface area contributed by atoms with E-state index in [1.165, 1.54) is 7.11 Å². The first-order valence-corrected chi connectivity index (χ1v) is 9.43. The van der Waals surface area contributed by atoms with Gasteiger partial charge < -0.3 is 9.47 Å². The van der Waals surface area contributed by atoms with Crippen LogP contribution in [0.15, 0.2) is 40.9 Å². The molecule has 0 atom stereocenters. The summed E-state index contributed by atoms with van der Waals surface area (Å²) >= 11 is 8.32. The monoisotopic (exact) mass is 465 g/mol. The molecule has 0 radical (unpaired) electrons. The number of halogens is 1. The molecule has 0 aliphatic heterocycles. The molecule has 0 spiro atoms. The first-order chi connectivity index (χ1) is 13.3. The van der Waals surface area contributed by atoms with Gasteiger partial charge in [0.25, 0.3) is 11.8 Å². The van der Waals surface area contributed by atoms with Gasteiger partial charge in [0.05, 0.1) is 11.6 Å². The van der Waals surface area contributed by atoms with Gasteiger partial charge in [0.15, 0.2) is 11.7 Å². The highest BCUT2D eigenvalue weighted by Crippen LogP contribution is 2.25. The van der Waals surface area contributed by atoms with Crippen molar-refractivity contribution in [1.82, 2.24) is 16.2 Å². The number of hydrogen-bond donors (Lipinski definition) is 3. The molecule has 0 saturated carbocycles. The number of thiocarbonyl (C=S) groups is 1. The van der Waals surface area contributed by atoms with Crippen LogP contribution in [0.3, 0.4) is 0 Å². The predicted molar refractivity (Wildman–Crippen MR) is 113 cm³/mol. The van der Waals surface area contributed by atoms with Crippen molar-refractivity contribution in [1.29, 1.82) is 0 Å². The van der Waals surface area contributed by atoms with E-state index in [9.17, 15) is 9.59 Å². The van der Waals surface area contributed by atoms with Gasteiger partial charge in [-0.25, -0.2) is 0 Å². The molecule has 0 aliphatic rings. The number of carbonyl (C=O) groups excluding carboxylic acids is 2. The number of rotatable bonds is 5. The van der Waals surface area contributed by atoms with E-state index in [4.69, 9.17) is 21.7 Å². The third-order valence-electron chi connectivity index (χ3n) is 3.52. The molecule has 9 heteroatoms. The minimum absolute atomic E-state index is 0.0447. The van der Waals surface area contributed by atoms with Crippen LogP contribution in [0.4, 0.5) is 0 Å². The van der Waals surface area contributed by atoms with Gasteiger partial charge in [0.1, 0.15) is 11.5 Å². The summed E-state index contributed by atoms with van der Waals surface area (Å²) in [7, 11) is 1.53. The van der Waals surface area contributed by atoms with Crippen molar-refractivity contribution in [2.75, 3.05) is 13.7 Å². The Morgan fingerprint density at radius 1 is 1.07 bits per heavy atom. The van der Waals surface area contributed by atoms with E-state index in [2.05, 4.69) is 32.1 Å². The maximum Gasteiger partial charge on any atom is 0.276 e. The summed E-state index contributed by atoms with van der Waals surface area (Å²) < 4.78 is 11.2. The predicted octanol–water partition coefficient (Wildman–Crippen LogP) is 2.79. The molecule has 3 N–H and O–H groups in total. The maximum atomic E-state index is 12.2. The number of amides is 2. The zero-order valence-corrected chi connectivity index (χ0v) is 18.0. The summed E-state index contributed by atoms with van der Waals surface area (Å²) in [5.41, 5.74) is 7.30. The molecule has 148 valence electrons. The second-order valence-corrected chi connectivity index (χ2v) is 7.18. The fourth-order valence-electron chi connectivity index (χ4n) is 2.34. The van der Waals surface area contributed by atoms with Crippen LogP contribution in [0.2, 0.25) is 0 Å². The third kappa shape index (κ3) is 6.50. The summed E-state index contributed by atoms with van der Waals surface area (Å²) in [6.07, 6.45) is 0. The molecule has 0 fully saturated rings. The Kier molecular flexibility index (Phi) is 7.77. The number of nitrogens with one attached hydrogen (secondary N) is 3. The zero-order valence-electron chi connectivity index (χ0n) is 15.6. The normalized spacial score (nSPS) is 10.0. The van der Waals surface area contributed by atoms with Crippen LogP contribution in [0.1, 0.15) is 21.5 Å². The minimum Gasteiger partial charge on any atom is -0.496 e. The summed E-state index contributed by atoms with van der Waals surface area (Å²) in [5.74, 6) is 0.339. The van der Waals surface area contributed by atoms with Crippen LogP contribution in [-0.2, 0) is 4.79 Å². The SMILES string of the molecule is COc1ccc(C(=O)NC(=S)NNC(=O)COc2cc(C)cc(C)c2)cc1Br. The van der Waals surface area contributed by atoms with Crippen LogP contribution >= 0.6 is 28.1 Å². The van der Waals surface area contributed by atoms with Gasteiger partial charge in [-0.15, -0.1) is 0 Å². The Hall–Kier alpha value is -2.65. The maximum absolute atomic E-state index is 12.2. The Labute approximate surface area is 176 Å². The molecular formula is C19H20BrN3O4S. The summed E-state index contributed by atoms with van der Waals surface area (Å²) in [6, 6.07) is 10.5. The molecule has 0 aromatic heterocycles. The van der Waals surface area contributed by atoms with Crippen molar-refractivity contribution in [3.63, 3.8) is 0 Å². The minimum atomic E-state index is -0.442. The molecular weight excluding hydrogens is 446 g/mol. The molecule has 28 heavy (non-hydrogen) atoms. The van der Waals surface area contributed by atoms with Crippen molar-refractivity contribution in [2.45, 2.75) is 13.8 Å². The largest absolute Gasteiger partial charge is 0.496 e. The lowest BCUT2D eigenvalue weighted by molar-refractivity contribution is -0.123. The van der Waals surface area contributed by atoms with Crippen molar-refractivity contribution in [2.24, 2.45) is 0 Å². The average molecular weight is 466 g/mol. The van der Waals surface area contributed by atoms with Crippen LogP contribution in [0.5, 0.6) is 11.5 Å². The molecule has 2 amide bonds. The number of ether oxygens (including phenoxy) is 2. The van der Waals surface area contributed by atoms with Crippen LogP contribution in [0.25, 0.3) is 0 Å². The first kappa shape index (κ1) is 21.6. The summed E-state index contributed by atoms with van der Waals surface area (Å²) in [5, 5.41) is 2.42.